The van der Waals surface area contributed by atoms with E-state index in [2.05, 4.69) is 9.98 Å². The zero-order valence-electron chi connectivity index (χ0n) is 20.4. The average molecular weight is 577 g/mol. The molecule has 4 aromatic rings. The predicted octanol–water partition coefficient (Wildman–Crippen LogP) is 4.58. The van der Waals surface area contributed by atoms with Gasteiger partial charge in [0, 0.05) is 23.6 Å². The topological polar surface area (TPSA) is 180 Å². The number of hydrogen-bond donors (Lipinski definition) is 2. The third-order valence-electron chi connectivity index (χ3n) is 5.55. The lowest BCUT2D eigenvalue weighted by atomic mass is 10.1. The number of benzene rings is 4. The second-order valence-electron chi connectivity index (χ2n) is 8.32. The third-order valence-corrected chi connectivity index (χ3v) is 7.34. The van der Waals surface area contributed by atoms with E-state index in [0.29, 0.717) is 11.1 Å². The number of phenols is 2. The molecule has 0 spiro atoms. The Bertz CT molecular complexity index is 1740. The van der Waals surface area contributed by atoms with Crippen molar-refractivity contribution in [2.24, 2.45) is 9.98 Å². The number of rotatable bonds is 8. The molecule has 40 heavy (non-hydrogen) atoms. The van der Waals surface area contributed by atoms with Crippen LogP contribution >= 0.6 is 0 Å². The van der Waals surface area contributed by atoms with E-state index in [1.807, 2.05) is 0 Å². The first-order chi connectivity index (χ1) is 18.9. The van der Waals surface area contributed by atoms with Gasteiger partial charge in [0.25, 0.3) is 0 Å². The zero-order chi connectivity index (χ0) is 28.9. The molecule has 0 atom stereocenters. The maximum atomic E-state index is 12.0. The van der Waals surface area contributed by atoms with E-state index >= 15 is 0 Å². The van der Waals surface area contributed by atoms with Crippen LogP contribution in [-0.4, -0.2) is 48.6 Å². The van der Waals surface area contributed by atoms with Gasteiger partial charge in [0.2, 0.25) is 0 Å². The highest BCUT2D eigenvalue weighted by atomic mass is 32.2. The van der Waals surface area contributed by atoms with Crippen LogP contribution in [0.5, 0.6) is 11.5 Å². The van der Waals surface area contributed by atoms with Crippen LogP contribution in [0.3, 0.4) is 0 Å². The number of nitrogens with zero attached hydrogens (tertiary/aromatic N) is 2. The van der Waals surface area contributed by atoms with Crippen LogP contribution in [-0.2, 0) is 20.2 Å². The van der Waals surface area contributed by atoms with E-state index in [-0.39, 0.29) is 34.0 Å². The van der Waals surface area contributed by atoms with Crippen molar-refractivity contribution in [2.75, 3.05) is 0 Å². The highest BCUT2D eigenvalue weighted by Gasteiger charge is 2.11. The van der Waals surface area contributed by atoms with Crippen molar-refractivity contribution in [1.29, 1.82) is 0 Å². The molecule has 0 amide bonds. The Morgan fingerprint density at radius 1 is 0.550 bits per heavy atom. The van der Waals surface area contributed by atoms with Crippen molar-refractivity contribution in [3.63, 3.8) is 0 Å². The van der Waals surface area contributed by atoms with Crippen molar-refractivity contribution in [1.82, 2.24) is 0 Å². The summed E-state index contributed by atoms with van der Waals surface area (Å²) in [6.07, 6.45) is 4.98. The molecule has 0 aliphatic rings. The molecule has 0 bridgehead atoms. The molecular formula is C28H20N2O8S2-2. The van der Waals surface area contributed by atoms with E-state index in [1.54, 1.807) is 36.4 Å². The van der Waals surface area contributed by atoms with E-state index in [9.17, 15) is 36.2 Å². The minimum atomic E-state index is -4.98. The minimum Gasteiger partial charge on any atom is -0.744 e. The normalized spacial score (nSPS) is 12.6. The molecule has 0 aliphatic heterocycles. The standard InChI is InChI=1S/C28H22N2O8S2/c31-25-7-3-1-5-21(25)17-29-23-13-11-19(27(15-23)39(33,34)35)9-10-20-12-14-24(16-28(20)40(36,37)38)30-18-22-6-2-4-8-26(22)32/h1-18,31-32H,(H,33,34,35)(H,36,37,38)/p-2. The largest absolute Gasteiger partial charge is 0.744 e. The summed E-state index contributed by atoms with van der Waals surface area (Å²) in [5.41, 5.74) is 0.851. The summed E-state index contributed by atoms with van der Waals surface area (Å²) in [7, 11) is -9.96. The summed E-state index contributed by atoms with van der Waals surface area (Å²) in [4.78, 5) is 6.98. The number of hydrogen-bond acceptors (Lipinski definition) is 10. The summed E-state index contributed by atoms with van der Waals surface area (Å²) in [6.45, 7) is 0. The lowest BCUT2D eigenvalue weighted by molar-refractivity contribution is 0.460. The molecule has 10 nitrogen and oxygen atoms in total. The number of para-hydroxylation sites is 2. The average Bonchev–Trinajstić information content (AvgIpc) is 2.90. The van der Waals surface area contributed by atoms with Gasteiger partial charge in [-0.1, -0.05) is 48.6 Å². The van der Waals surface area contributed by atoms with Gasteiger partial charge in [-0.2, -0.15) is 0 Å². The van der Waals surface area contributed by atoms with Gasteiger partial charge in [0.15, 0.2) is 0 Å². The van der Waals surface area contributed by atoms with Crippen molar-refractivity contribution in [3.8, 4) is 11.5 Å². The van der Waals surface area contributed by atoms with Crippen molar-refractivity contribution >= 4 is 56.2 Å². The van der Waals surface area contributed by atoms with E-state index < -0.39 is 30.0 Å². The molecule has 204 valence electrons. The van der Waals surface area contributed by atoms with Gasteiger partial charge in [-0.05, 0) is 59.7 Å². The van der Waals surface area contributed by atoms with Gasteiger partial charge in [-0.3, -0.25) is 9.98 Å². The first-order valence-corrected chi connectivity index (χ1v) is 14.3. The van der Waals surface area contributed by atoms with Crippen LogP contribution < -0.4 is 0 Å². The second-order valence-corrected chi connectivity index (χ2v) is 11.0. The Kier molecular flexibility index (Phi) is 8.26. The Hall–Kier alpha value is -4.62. The predicted molar refractivity (Wildman–Crippen MR) is 148 cm³/mol. The molecule has 0 saturated heterocycles. The Morgan fingerprint density at radius 2 is 0.925 bits per heavy atom. The van der Waals surface area contributed by atoms with Gasteiger partial charge in [-0.25, -0.2) is 16.8 Å². The van der Waals surface area contributed by atoms with Gasteiger partial charge in [0.1, 0.15) is 31.7 Å². The zero-order valence-corrected chi connectivity index (χ0v) is 22.1. The van der Waals surface area contributed by atoms with Crippen LogP contribution in [0.2, 0.25) is 0 Å². The van der Waals surface area contributed by atoms with Crippen LogP contribution in [0.15, 0.2) is 105 Å². The molecule has 0 heterocycles. The molecule has 0 fully saturated rings. The quantitative estimate of drug-likeness (QED) is 0.174. The van der Waals surface area contributed by atoms with E-state index in [0.717, 1.165) is 12.1 Å². The fourth-order valence-electron chi connectivity index (χ4n) is 3.58. The Morgan fingerprint density at radius 3 is 1.27 bits per heavy atom. The molecule has 0 unspecified atom stereocenters. The lowest BCUT2D eigenvalue weighted by Gasteiger charge is -2.13. The number of phenolic OH excluding ortho intramolecular Hbond substituents is 2. The first-order valence-electron chi connectivity index (χ1n) is 11.4. The van der Waals surface area contributed by atoms with Crippen molar-refractivity contribution in [3.05, 3.63) is 107 Å². The van der Waals surface area contributed by atoms with Crippen LogP contribution in [0.1, 0.15) is 22.3 Å². The smallest absolute Gasteiger partial charge is 0.125 e. The Labute approximate surface area is 230 Å². The van der Waals surface area contributed by atoms with Crippen molar-refractivity contribution < 1.29 is 36.2 Å². The monoisotopic (exact) mass is 576 g/mol. The first kappa shape index (κ1) is 28.4. The molecule has 0 saturated carbocycles. The molecular weight excluding hydrogens is 556 g/mol. The lowest BCUT2D eigenvalue weighted by Crippen LogP contribution is -2.02. The van der Waals surface area contributed by atoms with Gasteiger partial charge >= 0.3 is 0 Å². The molecule has 0 aliphatic carbocycles. The van der Waals surface area contributed by atoms with E-state index in [1.165, 1.54) is 61.0 Å². The van der Waals surface area contributed by atoms with E-state index in [4.69, 9.17) is 0 Å². The van der Waals surface area contributed by atoms with Crippen LogP contribution in [0.4, 0.5) is 11.4 Å². The van der Waals surface area contributed by atoms with Crippen LogP contribution in [0.25, 0.3) is 12.2 Å². The number of aromatic hydroxyl groups is 2. The SMILES string of the molecule is O=S(=O)([O-])c1cc(N=Cc2ccccc2O)ccc1C=Cc1ccc(N=Cc2ccccc2O)cc1S(=O)(=O)[O-]. The molecule has 12 heteroatoms. The molecule has 0 aromatic heterocycles. The minimum absolute atomic E-state index is 0.0403. The molecule has 2 N–H and O–H groups in total. The summed E-state index contributed by atoms with van der Waals surface area (Å²) in [5, 5.41) is 19.7. The highest BCUT2D eigenvalue weighted by molar-refractivity contribution is 7.86. The molecule has 4 aromatic carbocycles. The Balaban J connectivity index is 1.68. The molecule has 4 rings (SSSR count). The summed E-state index contributed by atoms with van der Waals surface area (Å²) >= 11 is 0. The second kappa shape index (κ2) is 11.6. The fourth-order valence-corrected chi connectivity index (χ4v) is 4.96. The summed E-state index contributed by atoms with van der Waals surface area (Å²) in [6, 6.07) is 20.2. The van der Waals surface area contributed by atoms with Gasteiger partial charge < -0.3 is 19.3 Å². The summed E-state index contributed by atoms with van der Waals surface area (Å²) < 4.78 is 71.8. The van der Waals surface area contributed by atoms with Gasteiger partial charge in [-0.15, -0.1) is 0 Å². The third kappa shape index (κ3) is 7.07. The van der Waals surface area contributed by atoms with Crippen molar-refractivity contribution in [2.45, 2.75) is 9.79 Å². The molecule has 0 radical (unpaired) electrons. The highest BCUT2D eigenvalue weighted by Crippen LogP contribution is 2.28. The fraction of sp³-hybridized carbons (Fsp3) is 0. The maximum absolute atomic E-state index is 12.0. The van der Waals surface area contributed by atoms with Gasteiger partial charge in [0.05, 0.1) is 21.2 Å². The van der Waals surface area contributed by atoms with Crippen LogP contribution in [0, 0.1) is 0 Å². The summed E-state index contributed by atoms with van der Waals surface area (Å²) in [5.74, 6) is -0.0805. The number of aliphatic imine (C=N–C) groups is 2. The maximum Gasteiger partial charge on any atom is 0.125 e.